The van der Waals surface area contributed by atoms with Crippen LogP contribution < -0.4 is 4.74 Å². The lowest BCUT2D eigenvalue weighted by molar-refractivity contribution is -0.246. The molecule has 2 heterocycles. The Morgan fingerprint density at radius 3 is 2.77 bits per heavy atom. The molecule has 1 aromatic heterocycles. The van der Waals surface area contributed by atoms with E-state index in [4.69, 9.17) is 14.6 Å². The lowest BCUT2D eigenvalue weighted by Crippen LogP contribution is -2.46. The molecule has 1 fully saturated rings. The molecule has 1 unspecified atom stereocenters. The Balaban J connectivity index is 1.80. The van der Waals surface area contributed by atoms with Crippen molar-refractivity contribution in [2.75, 3.05) is 6.61 Å². The molecule has 118 valence electrons. The molecule has 1 aromatic carbocycles. The van der Waals surface area contributed by atoms with E-state index in [0.717, 1.165) is 5.52 Å². The summed E-state index contributed by atoms with van der Waals surface area (Å²) >= 11 is 0. The predicted molar refractivity (Wildman–Crippen MR) is 72.9 cm³/mol. The molecule has 4 atom stereocenters. The van der Waals surface area contributed by atoms with Gasteiger partial charge in [-0.15, -0.1) is 0 Å². The number of para-hydroxylation sites is 1. The Bertz CT molecular complexity index is 699. The molecule has 0 saturated carbocycles. The summed E-state index contributed by atoms with van der Waals surface area (Å²) in [5.74, 6) is -3.16. The van der Waals surface area contributed by atoms with E-state index >= 15 is 0 Å². The normalized spacial score (nSPS) is 31.5. The molecule has 22 heavy (non-hydrogen) atoms. The van der Waals surface area contributed by atoms with Crippen LogP contribution in [-0.2, 0) is 9.53 Å². The summed E-state index contributed by atoms with van der Waals surface area (Å²) in [6, 6.07) is 7.11. The Labute approximate surface area is 124 Å². The lowest BCUT2D eigenvalue weighted by atomic mass is 10.1. The van der Waals surface area contributed by atoms with Crippen LogP contribution in [0.15, 0.2) is 30.5 Å². The van der Waals surface area contributed by atoms with Crippen molar-refractivity contribution in [1.82, 2.24) is 4.98 Å². The first-order valence-electron chi connectivity index (χ1n) is 6.61. The van der Waals surface area contributed by atoms with E-state index in [1.165, 1.54) is 6.20 Å². The van der Waals surface area contributed by atoms with Gasteiger partial charge >= 0.3 is 5.97 Å². The van der Waals surface area contributed by atoms with E-state index in [-0.39, 0.29) is 5.75 Å². The molecular formula is C14H15NO7. The zero-order chi connectivity index (χ0) is 15.9. The number of benzene rings is 1. The SMILES string of the molecule is O=C(Oc1c[nH]c2ccccc12)C1O[C@](O)(CO)[C@@H](O)[C@@H]1O. The van der Waals surface area contributed by atoms with Gasteiger partial charge in [-0.3, -0.25) is 0 Å². The number of aliphatic hydroxyl groups excluding tert-OH is 3. The van der Waals surface area contributed by atoms with Crippen molar-refractivity contribution in [2.24, 2.45) is 0 Å². The monoisotopic (exact) mass is 309 g/mol. The Kier molecular flexibility index (Phi) is 3.63. The second-order valence-electron chi connectivity index (χ2n) is 5.10. The number of hydrogen-bond acceptors (Lipinski definition) is 7. The van der Waals surface area contributed by atoms with Gasteiger partial charge in [0.25, 0.3) is 0 Å². The smallest absolute Gasteiger partial charge is 0.343 e. The Morgan fingerprint density at radius 2 is 2.09 bits per heavy atom. The number of aliphatic hydroxyl groups is 4. The maximum absolute atomic E-state index is 12.1. The van der Waals surface area contributed by atoms with Crippen molar-refractivity contribution in [3.05, 3.63) is 30.5 Å². The van der Waals surface area contributed by atoms with Gasteiger partial charge in [0.2, 0.25) is 5.79 Å². The second-order valence-corrected chi connectivity index (χ2v) is 5.10. The number of aromatic amines is 1. The number of hydrogen-bond donors (Lipinski definition) is 5. The number of ether oxygens (including phenoxy) is 2. The first-order valence-corrected chi connectivity index (χ1v) is 6.61. The molecule has 0 spiro atoms. The van der Waals surface area contributed by atoms with Gasteiger partial charge in [0, 0.05) is 17.1 Å². The van der Waals surface area contributed by atoms with Crippen molar-refractivity contribution < 1.29 is 34.7 Å². The van der Waals surface area contributed by atoms with E-state index in [1.54, 1.807) is 18.2 Å². The molecule has 1 saturated heterocycles. The van der Waals surface area contributed by atoms with Crippen molar-refractivity contribution >= 4 is 16.9 Å². The van der Waals surface area contributed by atoms with E-state index in [2.05, 4.69) is 4.98 Å². The maximum Gasteiger partial charge on any atom is 0.343 e. The maximum atomic E-state index is 12.1. The van der Waals surface area contributed by atoms with Gasteiger partial charge < -0.3 is 34.9 Å². The van der Waals surface area contributed by atoms with Crippen LogP contribution in [0, 0.1) is 0 Å². The van der Waals surface area contributed by atoms with Gasteiger partial charge in [-0.2, -0.15) is 0 Å². The summed E-state index contributed by atoms with van der Waals surface area (Å²) < 4.78 is 10.0. The molecule has 0 aliphatic carbocycles. The van der Waals surface area contributed by atoms with E-state index in [9.17, 15) is 20.1 Å². The minimum absolute atomic E-state index is 0.227. The fraction of sp³-hybridized carbons (Fsp3) is 0.357. The number of fused-ring (bicyclic) bond motifs is 1. The molecule has 0 amide bonds. The molecule has 2 aromatic rings. The number of H-pyrrole nitrogens is 1. The Hall–Kier alpha value is -1.97. The largest absolute Gasteiger partial charge is 0.422 e. The second kappa shape index (κ2) is 5.34. The highest BCUT2D eigenvalue weighted by Crippen LogP contribution is 2.31. The van der Waals surface area contributed by atoms with E-state index < -0.39 is 36.7 Å². The van der Waals surface area contributed by atoms with Gasteiger partial charge in [0.05, 0.1) is 6.61 Å². The highest BCUT2D eigenvalue weighted by atomic mass is 16.7. The van der Waals surface area contributed by atoms with Crippen LogP contribution in [0.2, 0.25) is 0 Å². The first-order chi connectivity index (χ1) is 10.5. The minimum atomic E-state index is -2.40. The van der Waals surface area contributed by atoms with Crippen molar-refractivity contribution in [3.8, 4) is 5.75 Å². The standard InChI is InChI=1S/C14H15NO7/c16-6-14(20)12(18)10(17)11(22-14)13(19)21-9-5-15-8-4-2-1-3-7(8)9/h1-5,10-12,15-18,20H,6H2/t10-,11?,12+,14-/m1/s1. The fourth-order valence-electron chi connectivity index (χ4n) is 2.41. The number of esters is 1. The summed E-state index contributed by atoms with van der Waals surface area (Å²) in [6.45, 7) is -0.970. The van der Waals surface area contributed by atoms with Gasteiger partial charge in [-0.1, -0.05) is 12.1 Å². The lowest BCUT2D eigenvalue weighted by Gasteiger charge is -2.22. The van der Waals surface area contributed by atoms with E-state index in [0.29, 0.717) is 5.39 Å². The Morgan fingerprint density at radius 1 is 1.36 bits per heavy atom. The summed E-state index contributed by atoms with van der Waals surface area (Å²) in [5.41, 5.74) is 0.755. The predicted octanol–water partition coefficient (Wildman–Crippen LogP) is -1.13. The third-order valence-corrected chi connectivity index (χ3v) is 3.65. The minimum Gasteiger partial charge on any atom is -0.422 e. The molecule has 5 N–H and O–H groups in total. The van der Waals surface area contributed by atoms with Crippen molar-refractivity contribution in [3.63, 3.8) is 0 Å². The zero-order valence-electron chi connectivity index (χ0n) is 11.3. The number of rotatable bonds is 3. The zero-order valence-corrected chi connectivity index (χ0v) is 11.3. The summed E-state index contributed by atoms with van der Waals surface area (Å²) in [5, 5.41) is 38.8. The number of carbonyl (C=O) groups is 1. The average molecular weight is 309 g/mol. The van der Waals surface area contributed by atoms with E-state index in [1.807, 2.05) is 6.07 Å². The van der Waals surface area contributed by atoms with Crippen LogP contribution >= 0.6 is 0 Å². The molecule has 8 nitrogen and oxygen atoms in total. The van der Waals surface area contributed by atoms with Crippen LogP contribution in [0.5, 0.6) is 5.75 Å². The van der Waals surface area contributed by atoms with Gasteiger partial charge in [-0.25, -0.2) is 4.79 Å². The highest BCUT2D eigenvalue weighted by Gasteiger charge is 2.56. The molecule has 3 rings (SSSR count). The summed E-state index contributed by atoms with van der Waals surface area (Å²) in [7, 11) is 0. The third-order valence-electron chi connectivity index (χ3n) is 3.65. The van der Waals surface area contributed by atoms with Gasteiger partial charge in [-0.05, 0) is 12.1 Å². The molecule has 1 aliphatic heterocycles. The van der Waals surface area contributed by atoms with Crippen LogP contribution in [0.1, 0.15) is 0 Å². The highest BCUT2D eigenvalue weighted by molar-refractivity contribution is 5.89. The summed E-state index contributed by atoms with van der Waals surface area (Å²) in [4.78, 5) is 15.0. The van der Waals surface area contributed by atoms with Crippen LogP contribution in [0.3, 0.4) is 0 Å². The molecule has 1 aliphatic rings. The van der Waals surface area contributed by atoms with Crippen LogP contribution in [0.25, 0.3) is 10.9 Å². The van der Waals surface area contributed by atoms with Crippen LogP contribution in [0.4, 0.5) is 0 Å². The summed E-state index contributed by atoms with van der Waals surface area (Å²) in [6.07, 6.45) is -3.67. The third kappa shape index (κ3) is 2.27. The number of carbonyl (C=O) groups excluding carboxylic acids is 1. The van der Waals surface area contributed by atoms with Crippen LogP contribution in [-0.4, -0.2) is 62.1 Å². The van der Waals surface area contributed by atoms with Gasteiger partial charge in [0.15, 0.2) is 11.9 Å². The number of nitrogens with one attached hydrogen (secondary N) is 1. The van der Waals surface area contributed by atoms with Gasteiger partial charge in [0.1, 0.15) is 12.2 Å². The molecule has 8 heteroatoms. The topological polar surface area (TPSA) is 132 Å². The van der Waals surface area contributed by atoms with Crippen molar-refractivity contribution in [1.29, 1.82) is 0 Å². The average Bonchev–Trinajstić information content (AvgIpc) is 3.03. The quantitative estimate of drug-likeness (QED) is 0.453. The molecule has 0 radical (unpaired) electrons. The number of aromatic nitrogens is 1. The fourth-order valence-corrected chi connectivity index (χ4v) is 2.41. The van der Waals surface area contributed by atoms with Crippen molar-refractivity contribution in [2.45, 2.75) is 24.1 Å². The molecule has 0 bridgehead atoms. The molecular weight excluding hydrogens is 294 g/mol. The first kappa shape index (κ1) is 14.9.